The molecule has 0 fully saturated rings. The van der Waals surface area contributed by atoms with Crippen LogP contribution in [0.5, 0.6) is 0 Å². The van der Waals surface area contributed by atoms with Crippen molar-refractivity contribution in [1.29, 1.82) is 0 Å². The summed E-state index contributed by atoms with van der Waals surface area (Å²) in [7, 11) is -2.10. The molecule has 1 rings (SSSR count). The molecular weight excluding hydrogens is 204 g/mol. The van der Waals surface area contributed by atoms with Gasteiger partial charge in [0.1, 0.15) is 0 Å². The molecule has 0 saturated heterocycles. The molecule has 4 heteroatoms. The summed E-state index contributed by atoms with van der Waals surface area (Å²) in [5.41, 5.74) is 0. The Morgan fingerprint density at radius 2 is 1.85 bits per heavy atom. The first kappa shape index (κ1) is 10.6. The Morgan fingerprint density at radius 1 is 1.23 bits per heavy atom. The molecule has 13 heavy (non-hydrogen) atoms. The maximum atomic E-state index is 11.6. The zero-order valence-electron chi connectivity index (χ0n) is 7.43. The molecule has 0 saturated carbocycles. The third kappa shape index (κ3) is 3.04. The largest absolute Gasteiger partial charge is 0.229 e. The minimum absolute atomic E-state index is 0.397. The molecular formula is C9H12O2S2. The van der Waals surface area contributed by atoms with E-state index in [-0.39, 0.29) is 0 Å². The van der Waals surface area contributed by atoms with Gasteiger partial charge in [-0.2, -0.15) is 0 Å². The van der Waals surface area contributed by atoms with E-state index >= 15 is 0 Å². The van der Waals surface area contributed by atoms with E-state index in [2.05, 4.69) is 0 Å². The van der Waals surface area contributed by atoms with Crippen LogP contribution in [0.4, 0.5) is 0 Å². The minimum Gasteiger partial charge on any atom is -0.212 e. The third-order valence-electron chi connectivity index (χ3n) is 1.47. The highest BCUT2D eigenvalue weighted by Gasteiger charge is 2.12. The molecule has 0 heterocycles. The van der Waals surface area contributed by atoms with Gasteiger partial charge in [-0.25, -0.2) is 8.42 Å². The lowest BCUT2D eigenvalue weighted by Crippen LogP contribution is -1.95. The van der Waals surface area contributed by atoms with Crippen LogP contribution in [-0.2, 0) is 8.87 Å². The summed E-state index contributed by atoms with van der Waals surface area (Å²) >= 11 is 0. The van der Waals surface area contributed by atoms with E-state index in [9.17, 15) is 8.42 Å². The average Bonchev–Trinajstić information content (AvgIpc) is 2.16. The molecule has 0 bridgehead atoms. The maximum absolute atomic E-state index is 11.6. The second-order valence-electron chi connectivity index (χ2n) is 2.59. The minimum atomic E-state index is -3.11. The first-order valence-corrected chi connectivity index (χ1v) is 7.10. The van der Waals surface area contributed by atoms with Gasteiger partial charge in [-0.15, -0.1) is 0 Å². The molecule has 0 unspecified atom stereocenters. The normalized spacial score (nSPS) is 11.5. The van der Waals surface area contributed by atoms with Gasteiger partial charge in [-0.05, 0) is 29.3 Å². The van der Waals surface area contributed by atoms with E-state index < -0.39 is 8.87 Å². The van der Waals surface area contributed by atoms with Gasteiger partial charge in [-0.3, -0.25) is 0 Å². The lowest BCUT2D eigenvalue weighted by atomic mass is 10.4. The second kappa shape index (κ2) is 4.67. The van der Waals surface area contributed by atoms with E-state index in [0.29, 0.717) is 10.6 Å². The molecule has 0 radical (unpaired) electrons. The van der Waals surface area contributed by atoms with Gasteiger partial charge in [0, 0.05) is 5.75 Å². The van der Waals surface area contributed by atoms with Crippen LogP contribution in [0.25, 0.3) is 0 Å². The molecule has 1 aromatic carbocycles. The van der Waals surface area contributed by atoms with Crippen LogP contribution in [0, 0.1) is 0 Å². The topological polar surface area (TPSA) is 34.1 Å². The van der Waals surface area contributed by atoms with E-state index in [0.717, 1.165) is 17.2 Å². The van der Waals surface area contributed by atoms with Gasteiger partial charge < -0.3 is 0 Å². The molecule has 0 N–H and O–H groups in total. The highest BCUT2D eigenvalue weighted by Crippen LogP contribution is 2.22. The molecule has 0 aliphatic carbocycles. The maximum Gasteiger partial charge on any atom is 0.229 e. The van der Waals surface area contributed by atoms with Crippen LogP contribution in [0.1, 0.15) is 13.3 Å². The van der Waals surface area contributed by atoms with Crippen molar-refractivity contribution in [3.63, 3.8) is 0 Å². The van der Waals surface area contributed by atoms with Gasteiger partial charge in [-0.1, -0.05) is 25.1 Å². The molecule has 0 aromatic heterocycles. The standard InChI is InChI=1S/C9H12O2S2/c1-2-8-12-13(10,11)9-6-4-3-5-7-9/h3-7H,2,8H2,1H3. The fourth-order valence-electron chi connectivity index (χ4n) is 0.848. The molecule has 2 nitrogen and oxygen atoms in total. The number of benzene rings is 1. The van der Waals surface area contributed by atoms with Crippen LogP contribution in [0.2, 0.25) is 0 Å². The van der Waals surface area contributed by atoms with Crippen LogP contribution < -0.4 is 0 Å². The van der Waals surface area contributed by atoms with Gasteiger partial charge in [0.15, 0.2) is 0 Å². The molecule has 0 aliphatic rings. The van der Waals surface area contributed by atoms with Crippen molar-refractivity contribution in [3.05, 3.63) is 30.3 Å². The van der Waals surface area contributed by atoms with Gasteiger partial charge in [0.25, 0.3) is 0 Å². The lowest BCUT2D eigenvalue weighted by Gasteiger charge is -2.01. The fraction of sp³-hybridized carbons (Fsp3) is 0.333. The zero-order chi connectivity index (χ0) is 9.73. The van der Waals surface area contributed by atoms with Crippen molar-refractivity contribution in [1.82, 2.24) is 0 Å². The predicted octanol–water partition coefficient (Wildman–Crippen LogP) is 2.52. The van der Waals surface area contributed by atoms with Gasteiger partial charge in [0.2, 0.25) is 8.87 Å². The van der Waals surface area contributed by atoms with Crippen molar-refractivity contribution < 1.29 is 8.42 Å². The Kier molecular flexibility index (Phi) is 3.81. The smallest absolute Gasteiger partial charge is 0.212 e. The monoisotopic (exact) mass is 216 g/mol. The van der Waals surface area contributed by atoms with Crippen molar-refractivity contribution >= 4 is 19.7 Å². The molecule has 72 valence electrons. The lowest BCUT2D eigenvalue weighted by molar-refractivity contribution is 0.610. The van der Waals surface area contributed by atoms with Crippen LogP contribution in [-0.4, -0.2) is 14.2 Å². The summed E-state index contributed by atoms with van der Waals surface area (Å²) in [6.07, 6.45) is 0.872. The van der Waals surface area contributed by atoms with Gasteiger partial charge >= 0.3 is 0 Å². The highest BCUT2D eigenvalue weighted by molar-refractivity contribution is 8.72. The number of rotatable bonds is 4. The number of hydrogen-bond donors (Lipinski definition) is 0. The Balaban J connectivity index is 2.83. The summed E-state index contributed by atoms with van der Waals surface area (Å²) in [5, 5.41) is 0. The quantitative estimate of drug-likeness (QED) is 0.725. The SMILES string of the molecule is CCCSS(=O)(=O)c1ccccc1. The van der Waals surface area contributed by atoms with Gasteiger partial charge in [0.05, 0.1) is 4.90 Å². The van der Waals surface area contributed by atoms with E-state index in [1.54, 1.807) is 24.3 Å². The molecule has 0 amide bonds. The fourth-order valence-corrected chi connectivity index (χ4v) is 3.76. The first-order chi connectivity index (χ1) is 6.17. The van der Waals surface area contributed by atoms with Crippen molar-refractivity contribution in [2.75, 3.05) is 5.75 Å². The van der Waals surface area contributed by atoms with E-state index in [1.165, 1.54) is 0 Å². The number of hydrogen-bond acceptors (Lipinski definition) is 3. The van der Waals surface area contributed by atoms with E-state index in [4.69, 9.17) is 0 Å². The Labute approximate surface area is 82.7 Å². The first-order valence-electron chi connectivity index (χ1n) is 4.11. The van der Waals surface area contributed by atoms with Crippen LogP contribution >= 0.6 is 10.8 Å². The molecule has 0 atom stereocenters. The predicted molar refractivity (Wildman–Crippen MR) is 56.4 cm³/mol. The molecule has 0 spiro atoms. The second-order valence-corrected chi connectivity index (χ2v) is 6.64. The zero-order valence-corrected chi connectivity index (χ0v) is 9.07. The Bertz CT molecular complexity index is 343. The Hall–Kier alpha value is -0.480. The van der Waals surface area contributed by atoms with E-state index in [1.807, 2.05) is 13.0 Å². The molecule has 0 aliphatic heterocycles. The average molecular weight is 216 g/mol. The Morgan fingerprint density at radius 3 is 2.38 bits per heavy atom. The summed E-state index contributed by atoms with van der Waals surface area (Å²) in [4.78, 5) is 0.397. The molecule has 1 aromatic rings. The van der Waals surface area contributed by atoms with Crippen molar-refractivity contribution in [2.24, 2.45) is 0 Å². The van der Waals surface area contributed by atoms with Crippen molar-refractivity contribution in [3.8, 4) is 0 Å². The summed E-state index contributed by atoms with van der Waals surface area (Å²) in [6, 6.07) is 8.53. The van der Waals surface area contributed by atoms with Crippen LogP contribution in [0.15, 0.2) is 35.2 Å². The summed E-state index contributed by atoms with van der Waals surface area (Å²) < 4.78 is 23.1. The highest BCUT2D eigenvalue weighted by atomic mass is 33.1. The van der Waals surface area contributed by atoms with Crippen molar-refractivity contribution in [2.45, 2.75) is 18.2 Å². The summed E-state index contributed by atoms with van der Waals surface area (Å²) in [5.74, 6) is 0.650. The summed E-state index contributed by atoms with van der Waals surface area (Å²) in [6.45, 7) is 1.97. The van der Waals surface area contributed by atoms with Crippen LogP contribution in [0.3, 0.4) is 0 Å². The third-order valence-corrected chi connectivity index (χ3v) is 5.22.